The summed E-state index contributed by atoms with van der Waals surface area (Å²) < 4.78 is 5.32. The van der Waals surface area contributed by atoms with E-state index in [-0.39, 0.29) is 6.61 Å². The van der Waals surface area contributed by atoms with E-state index in [2.05, 4.69) is 12.6 Å². The Morgan fingerprint density at radius 1 is 1.05 bits per heavy atom. The molecule has 2 aromatic carbocycles. The van der Waals surface area contributed by atoms with E-state index in [1.807, 2.05) is 36.4 Å². The Kier molecular flexibility index (Phi) is 5.61. The molecule has 0 saturated carbocycles. The molecule has 0 aliphatic rings. The first-order valence-corrected chi connectivity index (χ1v) is 7.32. The van der Waals surface area contributed by atoms with Crippen LogP contribution in [0, 0.1) is 0 Å². The highest BCUT2D eigenvalue weighted by Crippen LogP contribution is 2.19. The molecule has 0 saturated heterocycles. The average molecular weight is 315 g/mol. The first kappa shape index (κ1) is 16.1. The van der Waals surface area contributed by atoms with Crippen molar-refractivity contribution >= 4 is 29.5 Å². The van der Waals surface area contributed by atoms with Gasteiger partial charge in [-0.25, -0.2) is 4.79 Å². The van der Waals surface area contributed by atoms with E-state index in [1.165, 1.54) is 4.90 Å². The fourth-order valence-corrected chi connectivity index (χ4v) is 2.09. The SMILES string of the molecule is C[C@@H](C(=O)S)N(C(=O)OCc1ccccc1)c1ccccc1. The Morgan fingerprint density at radius 3 is 2.14 bits per heavy atom. The van der Waals surface area contributed by atoms with E-state index in [0.29, 0.717) is 5.69 Å². The minimum atomic E-state index is -0.714. The van der Waals surface area contributed by atoms with Crippen LogP contribution >= 0.6 is 12.6 Å². The molecule has 0 aromatic heterocycles. The van der Waals surface area contributed by atoms with Gasteiger partial charge in [-0.15, -0.1) is 12.6 Å². The van der Waals surface area contributed by atoms with Gasteiger partial charge in [0.2, 0.25) is 5.12 Å². The number of anilines is 1. The third kappa shape index (κ3) is 4.11. The zero-order chi connectivity index (χ0) is 15.9. The third-order valence-electron chi connectivity index (χ3n) is 3.18. The second-order valence-electron chi connectivity index (χ2n) is 4.76. The quantitative estimate of drug-likeness (QED) is 0.856. The van der Waals surface area contributed by atoms with E-state index in [4.69, 9.17) is 4.74 Å². The number of rotatable bonds is 5. The van der Waals surface area contributed by atoms with Gasteiger partial charge in [-0.2, -0.15) is 0 Å². The molecule has 0 bridgehead atoms. The lowest BCUT2D eigenvalue weighted by molar-refractivity contribution is -0.111. The molecular formula is C17H17NO3S. The van der Waals surface area contributed by atoms with Gasteiger partial charge in [0.15, 0.2) is 0 Å². The van der Waals surface area contributed by atoms with Crippen LogP contribution in [0.25, 0.3) is 0 Å². The highest BCUT2D eigenvalue weighted by molar-refractivity contribution is 7.96. The minimum absolute atomic E-state index is 0.149. The molecule has 0 aliphatic carbocycles. The van der Waals surface area contributed by atoms with Crippen LogP contribution in [-0.4, -0.2) is 17.3 Å². The van der Waals surface area contributed by atoms with Crippen LogP contribution in [0.3, 0.4) is 0 Å². The summed E-state index contributed by atoms with van der Waals surface area (Å²) in [7, 11) is 0. The van der Waals surface area contributed by atoms with Gasteiger partial charge in [0.25, 0.3) is 0 Å². The van der Waals surface area contributed by atoms with Gasteiger partial charge in [-0.1, -0.05) is 48.5 Å². The topological polar surface area (TPSA) is 46.6 Å². The predicted molar refractivity (Wildman–Crippen MR) is 89.0 cm³/mol. The molecule has 0 N–H and O–H groups in total. The highest BCUT2D eigenvalue weighted by atomic mass is 32.1. The van der Waals surface area contributed by atoms with Crippen molar-refractivity contribution in [1.29, 1.82) is 0 Å². The molecule has 1 atom stereocenters. The molecule has 4 nitrogen and oxygen atoms in total. The van der Waals surface area contributed by atoms with Crippen LogP contribution in [0.15, 0.2) is 60.7 Å². The smallest absolute Gasteiger partial charge is 0.415 e. The fourth-order valence-electron chi connectivity index (χ4n) is 1.98. The summed E-state index contributed by atoms with van der Waals surface area (Å²) in [5.41, 5.74) is 1.48. The molecular weight excluding hydrogens is 298 g/mol. The molecule has 0 aliphatic heterocycles. The molecule has 1 amide bonds. The third-order valence-corrected chi connectivity index (χ3v) is 3.55. The normalized spacial score (nSPS) is 11.5. The molecule has 0 heterocycles. The van der Waals surface area contributed by atoms with E-state index in [1.54, 1.807) is 31.2 Å². The summed E-state index contributed by atoms with van der Waals surface area (Å²) in [4.78, 5) is 25.2. The summed E-state index contributed by atoms with van der Waals surface area (Å²) in [6.45, 7) is 1.77. The Balaban J connectivity index is 2.14. The van der Waals surface area contributed by atoms with Crippen molar-refractivity contribution in [2.45, 2.75) is 19.6 Å². The van der Waals surface area contributed by atoms with Crippen molar-refractivity contribution in [3.8, 4) is 0 Å². The van der Waals surface area contributed by atoms with Crippen molar-refractivity contribution in [1.82, 2.24) is 0 Å². The number of para-hydroxylation sites is 1. The number of amides is 1. The number of benzene rings is 2. The zero-order valence-corrected chi connectivity index (χ0v) is 13.1. The Labute approximate surface area is 135 Å². The second kappa shape index (κ2) is 7.66. The number of hydrogen-bond donors (Lipinski definition) is 1. The molecule has 2 aromatic rings. The summed E-state index contributed by atoms with van der Waals surface area (Å²) in [6.07, 6.45) is -0.579. The molecule has 0 unspecified atom stereocenters. The predicted octanol–water partition coefficient (Wildman–Crippen LogP) is 3.67. The average Bonchev–Trinajstić information content (AvgIpc) is 2.55. The van der Waals surface area contributed by atoms with Crippen molar-refractivity contribution in [3.63, 3.8) is 0 Å². The van der Waals surface area contributed by atoms with Gasteiger partial charge in [-0.05, 0) is 24.6 Å². The molecule has 0 fully saturated rings. The molecule has 2 rings (SSSR count). The molecule has 22 heavy (non-hydrogen) atoms. The Morgan fingerprint density at radius 2 is 1.59 bits per heavy atom. The van der Waals surface area contributed by atoms with Crippen LogP contribution < -0.4 is 4.90 Å². The molecule has 5 heteroatoms. The Bertz CT molecular complexity index is 631. The maximum atomic E-state index is 12.4. The first-order valence-electron chi connectivity index (χ1n) is 6.87. The number of ether oxygens (including phenoxy) is 1. The van der Waals surface area contributed by atoms with Crippen molar-refractivity contribution < 1.29 is 14.3 Å². The molecule has 0 radical (unpaired) electrons. The maximum Gasteiger partial charge on any atom is 0.415 e. The highest BCUT2D eigenvalue weighted by Gasteiger charge is 2.26. The molecule has 0 spiro atoms. The standard InChI is InChI=1S/C17H17NO3S/c1-13(16(19)22)18(15-10-6-3-7-11-15)17(20)21-12-14-8-4-2-5-9-14/h2-11,13H,12H2,1H3,(H,19,22)/t13-/m0/s1. The first-order chi connectivity index (χ1) is 10.6. The largest absolute Gasteiger partial charge is 0.444 e. The lowest BCUT2D eigenvalue weighted by Gasteiger charge is -2.26. The lowest BCUT2D eigenvalue weighted by Crippen LogP contribution is -2.42. The maximum absolute atomic E-state index is 12.4. The number of carbonyl (C=O) groups excluding carboxylic acids is 2. The van der Waals surface area contributed by atoms with E-state index >= 15 is 0 Å². The van der Waals surface area contributed by atoms with Crippen molar-refractivity contribution in [2.75, 3.05) is 4.90 Å². The summed E-state index contributed by atoms with van der Waals surface area (Å²) in [5, 5.41) is -0.402. The van der Waals surface area contributed by atoms with Crippen LogP contribution in [0.5, 0.6) is 0 Å². The summed E-state index contributed by atoms with van der Waals surface area (Å²) in [6, 6.07) is 17.6. The number of nitrogens with zero attached hydrogens (tertiary/aromatic N) is 1. The van der Waals surface area contributed by atoms with Crippen LogP contribution in [0.4, 0.5) is 10.5 Å². The number of thiol groups is 1. The van der Waals surface area contributed by atoms with Crippen molar-refractivity contribution in [2.24, 2.45) is 0 Å². The van der Waals surface area contributed by atoms with Crippen molar-refractivity contribution in [3.05, 3.63) is 66.2 Å². The van der Waals surface area contributed by atoms with Crippen LogP contribution in [-0.2, 0) is 16.1 Å². The number of hydrogen-bond acceptors (Lipinski definition) is 3. The Hall–Kier alpha value is -2.27. The van der Waals surface area contributed by atoms with E-state index in [9.17, 15) is 9.59 Å². The van der Waals surface area contributed by atoms with Gasteiger partial charge in [0, 0.05) is 5.69 Å². The zero-order valence-electron chi connectivity index (χ0n) is 12.2. The fraction of sp³-hybridized carbons (Fsp3) is 0.176. The van der Waals surface area contributed by atoms with Crippen LogP contribution in [0.2, 0.25) is 0 Å². The van der Waals surface area contributed by atoms with Gasteiger partial charge < -0.3 is 4.74 Å². The monoisotopic (exact) mass is 315 g/mol. The molecule has 114 valence electrons. The van der Waals surface area contributed by atoms with Gasteiger partial charge in [0.1, 0.15) is 12.6 Å². The van der Waals surface area contributed by atoms with E-state index < -0.39 is 17.3 Å². The lowest BCUT2D eigenvalue weighted by atomic mass is 10.2. The number of carbonyl (C=O) groups is 2. The summed E-state index contributed by atoms with van der Waals surface area (Å²) >= 11 is 3.83. The summed E-state index contributed by atoms with van der Waals surface area (Å²) in [5.74, 6) is 0. The van der Waals surface area contributed by atoms with Gasteiger partial charge >= 0.3 is 6.09 Å². The van der Waals surface area contributed by atoms with Crippen LogP contribution in [0.1, 0.15) is 12.5 Å². The minimum Gasteiger partial charge on any atom is -0.444 e. The van der Waals surface area contributed by atoms with Gasteiger partial charge in [-0.3, -0.25) is 9.69 Å². The second-order valence-corrected chi connectivity index (χ2v) is 5.20. The van der Waals surface area contributed by atoms with E-state index in [0.717, 1.165) is 5.56 Å². The van der Waals surface area contributed by atoms with Gasteiger partial charge in [0.05, 0.1) is 0 Å².